The largest absolute Gasteiger partial charge is 0.463 e. The van der Waals surface area contributed by atoms with Crippen LogP contribution in [0.5, 0.6) is 6.01 Å². The van der Waals surface area contributed by atoms with Gasteiger partial charge in [0.2, 0.25) is 5.95 Å². The summed E-state index contributed by atoms with van der Waals surface area (Å²) >= 11 is 0. The lowest BCUT2D eigenvalue weighted by molar-refractivity contribution is 0.290. The van der Waals surface area contributed by atoms with Gasteiger partial charge < -0.3 is 10.5 Å². The molecule has 0 aliphatic heterocycles. The molecule has 1 aromatic rings. The van der Waals surface area contributed by atoms with E-state index in [1.165, 1.54) is 0 Å². The molecule has 0 spiro atoms. The first kappa shape index (κ1) is 9.70. The van der Waals surface area contributed by atoms with Gasteiger partial charge in [-0.2, -0.15) is 15.0 Å². The van der Waals surface area contributed by atoms with Crippen molar-refractivity contribution in [3.05, 3.63) is 5.82 Å². The predicted molar refractivity (Wildman–Crippen MR) is 49.4 cm³/mol. The molecule has 72 valence electrons. The molecule has 0 aliphatic carbocycles. The van der Waals surface area contributed by atoms with E-state index in [9.17, 15) is 0 Å². The van der Waals surface area contributed by atoms with Crippen molar-refractivity contribution in [2.45, 2.75) is 26.7 Å². The van der Waals surface area contributed by atoms with Gasteiger partial charge in [-0.15, -0.1) is 0 Å². The molecule has 0 saturated carbocycles. The Morgan fingerprint density at radius 1 is 1.23 bits per heavy atom. The number of ether oxygens (including phenoxy) is 1. The number of hydrogen-bond donors (Lipinski definition) is 1. The molecule has 0 bridgehead atoms. The maximum absolute atomic E-state index is 5.46. The summed E-state index contributed by atoms with van der Waals surface area (Å²) in [6.45, 7) is 4.58. The van der Waals surface area contributed by atoms with Gasteiger partial charge in [-0.05, 0) is 6.42 Å². The highest BCUT2D eigenvalue weighted by atomic mass is 16.5. The molecule has 0 aromatic carbocycles. The Labute approximate surface area is 77.4 Å². The maximum Gasteiger partial charge on any atom is 0.321 e. The third-order valence-corrected chi connectivity index (χ3v) is 1.43. The minimum absolute atomic E-state index is 0.220. The van der Waals surface area contributed by atoms with Crippen molar-refractivity contribution < 1.29 is 4.74 Å². The standard InChI is InChI=1S/C8H14N4O/c1-3-5-13-8-11-6(4-2)10-7(9)12-8/h3-5H2,1-2H3,(H2,9,10,11,12). The third kappa shape index (κ3) is 2.85. The fourth-order valence-corrected chi connectivity index (χ4v) is 0.832. The van der Waals surface area contributed by atoms with Crippen molar-refractivity contribution in [3.8, 4) is 6.01 Å². The normalized spacial score (nSPS) is 10.0. The lowest BCUT2D eigenvalue weighted by Crippen LogP contribution is -2.07. The Bertz CT molecular complexity index is 277. The maximum atomic E-state index is 5.46. The van der Waals surface area contributed by atoms with Crippen LogP contribution < -0.4 is 10.5 Å². The lowest BCUT2D eigenvalue weighted by Gasteiger charge is -2.03. The minimum Gasteiger partial charge on any atom is -0.463 e. The van der Waals surface area contributed by atoms with Crippen LogP contribution in [0.2, 0.25) is 0 Å². The van der Waals surface area contributed by atoms with Gasteiger partial charge in [-0.3, -0.25) is 0 Å². The first-order chi connectivity index (χ1) is 6.26. The number of nitrogens with zero attached hydrogens (tertiary/aromatic N) is 3. The fraction of sp³-hybridized carbons (Fsp3) is 0.625. The van der Waals surface area contributed by atoms with Crippen LogP contribution >= 0.6 is 0 Å². The molecule has 0 fully saturated rings. The molecule has 13 heavy (non-hydrogen) atoms. The summed E-state index contributed by atoms with van der Waals surface area (Å²) in [6.07, 6.45) is 1.66. The molecule has 0 amide bonds. The fourth-order valence-electron chi connectivity index (χ4n) is 0.832. The molecule has 0 atom stereocenters. The van der Waals surface area contributed by atoms with E-state index >= 15 is 0 Å². The molecule has 1 heterocycles. The van der Waals surface area contributed by atoms with E-state index in [0.29, 0.717) is 18.4 Å². The Balaban J connectivity index is 2.76. The zero-order valence-electron chi connectivity index (χ0n) is 7.95. The first-order valence-electron chi connectivity index (χ1n) is 4.39. The highest BCUT2D eigenvalue weighted by Crippen LogP contribution is 2.05. The molecular formula is C8H14N4O. The summed E-state index contributed by atoms with van der Waals surface area (Å²) in [5, 5.41) is 0. The highest BCUT2D eigenvalue weighted by Gasteiger charge is 2.02. The summed E-state index contributed by atoms with van der Waals surface area (Å²) in [7, 11) is 0. The average molecular weight is 182 g/mol. The summed E-state index contributed by atoms with van der Waals surface area (Å²) in [5.74, 6) is 0.886. The van der Waals surface area contributed by atoms with Gasteiger partial charge in [0.25, 0.3) is 0 Å². The van der Waals surface area contributed by atoms with Crippen LogP contribution in [-0.2, 0) is 6.42 Å². The van der Waals surface area contributed by atoms with Gasteiger partial charge >= 0.3 is 6.01 Å². The lowest BCUT2D eigenvalue weighted by atomic mass is 10.5. The van der Waals surface area contributed by atoms with Gasteiger partial charge in [-0.1, -0.05) is 13.8 Å². The van der Waals surface area contributed by atoms with E-state index < -0.39 is 0 Å². The molecule has 2 N–H and O–H groups in total. The SMILES string of the molecule is CCCOc1nc(N)nc(CC)n1. The molecule has 0 unspecified atom stereocenters. The smallest absolute Gasteiger partial charge is 0.321 e. The number of aryl methyl sites for hydroxylation is 1. The number of nitrogens with two attached hydrogens (primary N) is 1. The van der Waals surface area contributed by atoms with Crippen molar-refractivity contribution in [3.63, 3.8) is 0 Å². The van der Waals surface area contributed by atoms with Crippen LogP contribution in [0.25, 0.3) is 0 Å². The van der Waals surface area contributed by atoms with Crippen molar-refractivity contribution >= 4 is 5.95 Å². The van der Waals surface area contributed by atoms with Crippen molar-refractivity contribution in [2.24, 2.45) is 0 Å². The van der Waals surface area contributed by atoms with E-state index in [2.05, 4.69) is 15.0 Å². The van der Waals surface area contributed by atoms with Crippen LogP contribution in [0.1, 0.15) is 26.1 Å². The molecular weight excluding hydrogens is 168 g/mol. The van der Waals surface area contributed by atoms with Crippen LogP contribution in [0.15, 0.2) is 0 Å². The monoisotopic (exact) mass is 182 g/mol. The Morgan fingerprint density at radius 3 is 2.62 bits per heavy atom. The molecule has 5 nitrogen and oxygen atoms in total. The van der Waals surface area contributed by atoms with Crippen LogP contribution in [0, 0.1) is 0 Å². The summed E-state index contributed by atoms with van der Waals surface area (Å²) in [6, 6.07) is 0.325. The number of rotatable bonds is 4. The van der Waals surface area contributed by atoms with E-state index in [0.717, 1.165) is 12.8 Å². The summed E-state index contributed by atoms with van der Waals surface area (Å²) in [5.41, 5.74) is 5.46. The number of hydrogen-bond acceptors (Lipinski definition) is 5. The second kappa shape index (κ2) is 4.59. The van der Waals surface area contributed by atoms with E-state index in [-0.39, 0.29) is 5.95 Å². The predicted octanol–water partition coefficient (Wildman–Crippen LogP) is 0.805. The van der Waals surface area contributed by atoms with Gasteiger partial charge in [0.1, 0.15) is 5.82 Å². The third-order valence-electron chi connectivity index (χ3n) is 1.43. The molecule has 1 aromatic heterocycles. The number of nitrogen functional groups attached to an aromatic ring is 1. The van der Waals surface area contributed by atoms with Crippen LogP contribution in [-0.4, -0.2) is 21.6 Å². The zero-order valence-corrected chi connectivity index (χ0v) is 7.95. The van der Waals surface area contributed by atoms with Crippen LogP contribution in [0.4, 0.5) is 5.95 Å². The number of aromatic nitrogens is 3. The zero-order chi connectivity index (χ0) is 9.68. The first-order valence-corrected chi connectivity index (χ1v) is 4.39. The number of anilines is 1. The quantitative estimate of drug-likeness (QED) is 0.745. The minimum atomic E-state index is 0.220. The molecule has 0 radical (unpaired) electrons. The van der Waals surface area contributed by atoms with E-state index in [1.54, 1.807) is 0 Å². The van der Waals surface area contributed by atoms with Gasteiger partial charge in [-0.25, -0.2) is 0 Å². The van der Waals surface area contributed by atoms with Gasteiger partial charge in [0, 0.05) is 6.42 Å². The summed E-state index contributed by atoms with van der Waals surface area (Å²) < 4.78 is 5.24. The Morgan fingerprint density at radius 2 is 2.00 bits per heavy atom. The van der Waals surface area contributed by atoms with E-state index in [1.807, 2.05) is 13.8 Å². The topological polar surface area (TPSA) is 73.9 Å². The van der Waals surface area contributed by atoms with Crippen molar-refractivity contribution in [2.75, 3.05) is 12.3 Å². The molecule has 5 heteroatoms. The summed E-state index contributed by atoms with van der Waals surface area (Å²) in [4.78, 5) is 11.9. The van der Waals surface area contributed by atoms with Crippen LogP contribution in [0.3, 0.4) is 0 Å². The average Bonchev–Trinajstić information content (AvgIpc) is 2.14. The second-order valence-electron chi connectivity index (χ2n) is 2.59. The van der Waals surface area contributed by atoms with E-state index in [4.69, 9.17) is 10.5 Å². The Hall–Kier alpha value is -1.39. The molecule has 0 aliphatic rings. The molecule has 1 rings (SSSR count). The van der Waals surface area contributed by atoms with Crippen molar-refractivity contribution in [1.82, 2.24) is 15.0 Å². The Kier molecular flexibility index (Phi) is 3.42. The van der Waals surface area contributed by atoms with Gasteiger partial charge in [0.05, 0.1) is 6.61 Å². The highest BCUT2D eigenvalue weighted by molar-refractivity contribution is 5.17. The van der Waals surface area contributed by atoms with Gasteiger partial charge in [0.15, 0.2) is 0 Å². The molecule has 0 saturated heterocycles. The second-order valence-corrected chi connectivity index (χ2v) is 2.59. The van der Waals surface area contributed by atoms with Crippen molar-refractivity contribution in [1.29, 1.82) is 0 Å².